The van der Waals surface area contributed by atoms with Crippen molar-refractivity contribution in [1.29, 1.82) is 0 Å². The van der Waals surface area contributed by atoms with Crippen LogP contribution < -0.4 is 10.5 Å². The molecule has 1 atom stereocenters. The van der Waals surface area contributed by atoms with E-state index >= 15 is 0 Å². The number of rotatable bonds is 6. The fraction of sp³-hybridized carbons (Fsp3) is 0.538. The summed E-state index contributed by atoms with van der Waals surface area (Å²) >= 11 is 0. The lowest BCUT2D eigenvalue weighted by molar-refractivity contribution is 0.118. The second-order valence-electron chi connectivity index (χ2n) is 3.92. The minimum Gasteiger partial charge on any atom is -0.497 e. The molecule has 0 aliphatic rings. The van der Waals surface area contributed by atoms with Crippen molar-refractivity contribution in [1.82, 2.24) is 0 Å². The average Bonchev–Trinajstić information content (AvgIpc) is 2.31. The van der Waals surface area contributed by atoms with Gasteiger partial charge in [-0.15, -0.1) is 0 Å². The first-order chi connectivity index (χ1) is 7.71. The zero-order valence-electron chi connectivity index (χ0n) is 10.3. The van der Waals surface area contributed by atoms with Crippen molar-refractivity contribution in [2.24, 2.45) is 5.73 Å². The molecular weight excluding hydrogens is 202 g/mol. The lowest BCUT2D eigenvalue weighted by atomic mass is 9.99. The molecule has 0 aliphatic heterocycles. The Balaban J connectivity index is 2.88. The highest BCUT2D eigenvalue weighted by atomic mass is 16.5. The molecule has 0 heterocycles. The van der Waals surface area contributed by atoms with Crippen LogP contribution in [-0.2, 0) is 17.6 Å². The summed E-state index contributed by atoms with van der Waals surface area (Å²) in [5, 5.41) is 0. The van der Waals surface area contributed by atoms with Crippen LogP contribution in [0.25, 0.3) is 0 Å². The van der Waals surface area contributed by atoms with Gasteiger partial charge in [-0.3, -0.25) is 0 Å². The minimum atomic E-state index is 0.227. The third kappa shape index (κ3) is 3.51. The molecule has 3 nitrogen and oxygen atoms in total. The third-order valence-electron chi connectivity index (χ3n) is 2.74. The van der Waals surface area contributed by atoms with Gasteiger partial charge in [0.1, 0.15) is 5.75 Å². The molecule has 0 saturated carbocycles. The van der Waals surface area contributed by atoms with Crippen LogP contribution in [-0.4, -0.2) is 26.9 Å². The molecule has 0 spiro atoms. The van der Waals surface area contributed by atoms with Gasteiger partial charge in [0, 0.05) is 7.11 Å². The second kappa shape index (κ2) is 6.51. The largest absolute Gasteiger partial charge is 0.497 e. The zero-order valence-corrected chi connectivity index (χ0v) is 10.3. The van der Waals surface area contributed by atoms with Crippen LogP contribution in [0.15, 0.2) is 18.2 Å². The van der Waals surface area contributed by atoms with Gasteiger partial charge in [-0.05, 0) is 49.6 Å². The summed E-state index contributed by atoms with van der Waals surface area (Å²) < 4.78 is 10.5. The highest BCUT2D eigenvalue weighted by Gasteiger charge is 2.08. The number of hydrogen-bond donors (Lipinski definition) is 1. The van der Waals surface area contributed by atoms with Crippen molar-refractivity contribution in [3.63, 3.8) is 0 Å². The van der Waals surface area contributed by atoms with E-state index in [1.807, 2.05) is 6.07 Å². The maximum absolute atomic E-state index is 5.61. The Hall–Kier alpha value is -1.06. The van der Waals surface area contributed by atoms with Crippen molar-refractivity contribution in [3.05, 3.63) is 29.3 Å². The van der Waals surface area contributed by atoms with Crippen molar-refractivity contribution in [2.45, 2.75) is 25.9 Å². The van der Waals surface area contributed by atoms with Crippen LogP contribution in [0.3, 0.4) is 0 Å². The summed E-state index contributed by atoms with van der Waals surface area (Å²) in [5.74, 6) is 0.886. The molecule has 1 aromatic carbocycles. The smallest absolute Gasteiger partial charge is 0.119 e. The molecule has 0 saturated heterocycles. The summed E-state index contributed by atoms with van der Waals surface area (Å²) in [6, 6.07) is 6.14. The summed E-state index contributed by atoms with van der Waals surface area (Å²) in [5.41, 5.74) is 8.16. The summed E-state index contributed by atoms with van der Waals surface area (Å²) in [7, 11) is 3.41. The lowest BCUT2D eigenvalue weighted by Crippen LogP contribution is -2.12. The Labute approximate surface area is 97.6 Å². The summed E-state index contributed by atoms with van der Waals surface area (Å²) in [4.78, 5) is 0. The Morgan fingerprint density at radius 2 is 2.00 bits per heavy atom. The van der Waals surface area contributed by atoms with E-state index in [0.29, 0.717) is 6.54 Å². The topological polar surface area (TPSA) is 44.5 Å². The number of hydrogen-bond acceptors (Lipinski definition) is 3. The molecule has 1 aromatic rings. The first kappa shape index (κ1) is 13.0. The van der Waals surface area contributed by atoms with E-state index < -0.39 is 0 Å². The van der Waals surface area contributed by atoms with Crippen LogP contribution in [0.5, 0.6) is 5.75 Å². The molecular formula is C13H21NO2. The third-order valence-corrected chi connectivity index (χ3v) is 2.74. The van der Waals surface area contributed by atoms with Crippen LogP contribution >= 0.6 is 0 Å². The van der Waals surface area contributed by atoms with Gasteiger partial charge < -0.3 is 15.2 Å². The molecule has 0 bridgehead atoms. The van der Waals surface area contributed by atoms with Crippen LogP contribution in [0, 0.1) is 0 Å². The van der Waals surface area contributed by atoms with E-state index in [9.17, 15) is 0 Å². The standard InChI is InChI=1S/C13H21NO2/c1-10(15-2)8-11-4-5-13(16-3)9-12(11)6-7-14/h4-5,9-10H,6-8,14H2,1-3H3. The normalized spacial score (nSPS) is 12.5. The predicted octanol–water partition coefficient (Wildman–Crippen LogP) is 1.77. The van der Waals surface area contributed by atoms with Gasteiger partial charge >= 0.3 is 0 Å². The first-order valence-corrected chi connectivity index (χ1v) is 5.60. The van der Waals surface area contributed by atoms with E-state index in [2.05, 4.69) is 19.1 Å². The molecule has 0 amide bonds. The molecule has 0 aromatic heterocycles. The minimum absolute atomic E-state index is 0.227. The van der Waals surface area contributed by atoms with Crippen molar-refractivity contribution >= 4 is 0 Å². The molecule has 0 radical (unpaired) electrons. The van der Waals surface area contributed by atoms with Crippen LogP contribution in [0.4, 0.5) is 0 Å². The maximum Gasteiger partial charge on any atom is 0.119 e. The quantitative estimate of drug-likeness (QED) is 0.799. The number of nitrogens with two attached hydrogens (primary N) is 1. The van der Waals surface area contributed by atoms with Gasteiger partial charge in [0.2, 0.25) is 0 Å². The fourth-order valence-corrected chi connectivity index (χ4v) is 1.71. The Morgan fingerprint density at radius 3 is 2.56 bits per heavy atom. The van der Waals surface area contributed by atoms with E-state index in [0.717, 1.165) is 18.6 Å². The second-order valence-corrected chi connectivity index (χ2v) is 3.92. The van der Waals surface area contributed by atoms with Gasteiger partial charge in [-0.25, -0.2) is 0 Å². The van der Waals surface area contributed by atoms with E-state index in [1.54, 1.807) is 14.2 Å². The molecule has 16 heavy (non-hydrogen) atoms. The van der Waals surface area contributed by atoms with Gasteiger partial charge in [-0.1, -0.05) is 6.07 Å². The fourth-order valence-electron chi connectivity index (χ4n) is 1.71. The Kier molecular flexibility index (Phi) is 5.29. The van der Waals surface area contributed by atoms with E-state index in [-0.39, 0.29) is 6.10 Å². The predicted molar refractivity (Wildman–Crippen MR) is 65.9 cm³/mol. The van der Waals surface area contributed by atoms with Crippen LogP contribution in [0.1, 0.15) is 18.1 Å². The molecule has 1 unspecified atom stereocenters. The molecule has 0 fully saturated rings. The molecule has 0 aliphatic carbocycles. The number of methoxy groups -OCH3 is 2. The van der Waals surface area contributed by atoms with Gasteiger partial charge in [-0.2, -0.15) is 0 Å². The van der Waals surface area contributed by atoms with Crippen molar-refractivity contribution in [2.75, 3.05) is 20.8 Å². The van der Waals surface area contributed by atoms with Gasteiger partial charge in [0.05, 0.1) is 13.2 Å². The monoisotopic (exact) mass is 223 g/mol. The molecule has 3 heteroatoms. The van der Waals surface area contributed by atoms with Crippen molar-refractivity contribution in [3.8, 4) is 5.75 Å². The molecule has 90 valence electrons. The van der Waals surface area contributed by atoms with Gasteiger partial charge in [0.15, 0.2) is 0 Å². The van der Waals surface area contributed by atoms with E-state index in [4.69, 9.17) is 15.2 Å². The molecule has 1 rings (SSSR count). The highest BCUT2D eigenvalue weighted by Crippen LogP contribution is 2.19. The van der Waals surface area contributed by atoms with Crippen LogP contribution in [0.2, 0.25) is 0 Å². The summed E-state index contributed by atoms with van der Waals surface area (Å²) in [6.07, 6.45) is 2.02. The SMILES string of the molecule is COc1ccc(CC(C)OC)c(CCN)c1. The van der Waals surface area contributed by atoms with Crippen molar-refractivity contribution < 1.29 is 9.47 Å². The highest BCUT2D eigenvalue weighted by molar-refractivity contribution is 5.36. The average molecular weight is 223 g/mol. The Bertz CT molecular complexity index is 326. The zero-order chi connectivity index (χ0) is 12.0. The lowest BCUT2D eigenvalue weighted by Gasteiger charge is -2.14. The Morgan fingerprint density at radius 1 is 1.25 bits per heavy atom. The number of ether oxygens (including phenoxy) is 2. The number of benzene rings is 1. The van der Waals surface area contributed by atoms with Gasteiger partial charge in [0.25, 0.3) is 0 Å². The summed E-state index contributed by atoms with van der Waals surface area (Å²) in [6.45, 7) is 2.72. The first-order valence-electron chi connectivity index (χ1n) is 5.60. The maximum atomic E-state index is 5.61. The van der Waals surface area contributed by atoms with E-state index in [1.165, 1.54) is 11.1 Å². The molecule has 2 N–H and O–H groups in total.